The second kappa shape index (κ2) is 4.99. The van der Waals surface area contributed by atoms with Gasteiger partial charge in [0.25, 0.3) is 0 Å². The quantitative estimate of drug-likeness (QED) is 0.757. The number of benzene rings is 1. The van der Waals surface area contributed by atoms with Gasteiger partial charge in [-0.3, -0.25) is 0 Å². The van der Waals surface area contributed by atoms with Crippen molar-refractivity contribution < 1.29 is 4.74 Å². The molecule has 0 saturated heterocycles. The number of hydrogen-bond donors (Lipinski definition) is 0. The third-order valence-corrected chi connectivity index (χ3v) is 2.65. The molecule has 2 rings (SSSR count). The van der Waals surface area contributed by atoms with Crippen LogP contribution in [-0.4, -0.2) is 12.1 Å². The lowest BCUT2D eigenvalue weighted by atomic mass is 10.1. The number of hydrogen-bond acceptors (Lipinski definition) is 2. The Bertz CT molecular complexity index is 471. The Morgan fingerprint density at radius 1 is 1.25 bits per heavy atom. The summed E-state index contributed by atoms with van der Waals surface area (Å²) in [7, 11) is 1.62. The van der Waals surface area contributed by atoms with Gasteiger partial charge in [0.2, 0.25) is 5.88 Å². The Hall–Kier alpha value is -1.54. The number of aromatic nitrogens is 1. The molecule has 1 aromatic heterocycles. The molecule has 0 fully saturated rings. The lowest BCUT2D eigenvalue weighted by molar-refractivity contribution is 0.399. The van der Waals surface area contributed by atoms with Crippen molar-refractivity contribution in [3.8, 4) is 17.0 Å². The van der Waals surface area contributed by atoms with Crippen molar-refractivity contribution >= 4 is 11.6 Å². The van der Waals surface area contributed by atoms with Crippen LogP contribution in [0.3, 0.4) is 0 Å². The van der Waals surface area contributed by atoms with Crippen molar-refractivity contribution in [2.24, 2.45) is 0 Å². The zero-order valence-corrected chi connectivity index (χ0v) is 9.74. The molecule has 0 aliphatic rings. The number of rotatable bonds is 3. The average molecular weight is 234 g/mol. The summed E-state index contributed by atoms with van der Waals surface area (Å²) in [6, 6.07) is 12.0. The molecule has 16 heavy (non-hydrogen) atoms. The predicted molar refractivity (Wildman–Crippen MR) is 65.8 cm³/mol. The van der Waals surface area contributed by atoms with E-state index in [1.165, 1.54) is 0 Å². The molecule has 2 nitrogen and oxygen atoms in total. The van der Waals surface area contributed by atoms with Gasteiger partial charge in [-0.1, -0.05) is 30.3 Å². The van der Waals surface area contributed by atoms with E-state index in [0.717, 1.165) is 16.7 Å². The van der Waals surface area contributed by atoms with Crippen LogP contribution in [0.4, 0.5) is 0 Å². The molecule has 82 valence electrons. The van der Waals surface area contributed by atoms with Crippen LogP contribution >= 0.6 is 11.6 Å². The van der Waals surface area contributed by atoms with Crippen molar-refractivity contribution in [1.82, 2.24) is 4.98 Å². The first-order valence-corrected chi connectivity index (χ1v) is 5.53. The Labute approximate surface area is 99.9 Å². The molecule has 1 heterocycles. The second-order valence-electron chi connectivity index (χ2n) is 3.40. The highest BCUT2D eigenvalue weighted by molar-refractivity contribution is 6.17. The molecule has 0 aliphatic heterocycles. The molecule has 3 heteroatoms. The van der Waals surface area contributed by atoms with Gasteiger partial charge in [-0.2, -0.15) is 0 Å². The van der Waals surface area contributed by atoms with Crippen LogP contribution in [0, 0.1) is 0 Å². The fourth-order valence-electron chi connectivity index (χ4n) is 1.56. The summed E-state index contributed by atoms with van der Waals surface area (Å²) in [6.45, 7) is 0. The fraction of sp³-hybridized carbons (Fsp3) is 0.154. The monoisotopic (exact) mass is 233 g/mol. The molecular formula is C13H12ClNO. The van der Waals surface area contributed by atoms with E-state index >= 15 is 0 Å². The van der Waals surface area contributed by atoms with Crippen LogP contribution in [0.2, 0.25) is 0 Å². The fourth-order valence-corrected chi connectivity index (χ4v) is 1.70. The standard InChI is InChI=1S/C13H12ClNO/c1-16-13-12(7-10(8-14)9-15-13)11-5-3-2-4-6-11/h2-7,9H,8H2,1H3. The molecule has 0 spiro atoms. The second-order valence-corrected chi connectivity index (χ2v) is 3.67. The van der Waals surface area contributed by atoms with Gasteiger partial charge in [0.15, 0.2) is 0 Å². The third kappa shape index (κ3) is 2.17. The van der Waals surface area contributed by atoms with Crippen LogP contribution in [-0.2, 0) is 5.88 Å². The van der Waals surface area contributed by atoms with E-state index in [4.69, 9.17) is 16.3 Å². The smallest absolute Gasteiger partial charge is 0.221 e. The summed E-state index contributed by atoms with van der Waals surface area (Å²) in [5, 5.41) is 0. The normalized spacial score (nSPS) is 10.1. The van der Waals surface area contributed by atoms with Gasteiger partial charge in [0.1, 0.15) is 0 Å². The van der Waals surface area contributed by atoms with Gasteiger partial charge in [-0.05, 0) is 17.2 Å². The summed E-state index contributed by atoms with van der Waals surface area (Å²) in [5.74, 6) is 1.08. The van der Waals surface area contributed by atoms with Crippen LogP contribution in [0.1, 0.15) is 5.56 Å². The molecule has 1 aromatic carbocycles. The van der Waals surface area contributed by atoms with Crippen molar-refractivity contribution in [2.75, 3.05) is 7.11 Å². The molecule has 2 aromatic rings. The molecule has 0 amide bonds. The number of alkyl halides is 1. The Kier molecular flexibility index (Phi) is 3.42. The van der Waals surface area contributed by atoms with Crippen molar-refractivity contribution in [3.05, 3.63) is 48.2 Å². The maximum atomic E-state index is 5.80. The number of pyridine rings is 1. The van der Waals surface area contributed by atoms with Gasteiger partial charge in [0, 0.05) is 17.6 Å². The highest BCUT2D eigenvalue weighted by atomic mass is 35.5. The van der Waals surface area contributed by atoms with E-state index in [2.05, 4.69) is 4.98 Å². The van der Waals surface area contributed by atoms with E-state index in [1.54, 1.807) is 13.3 Å². The maximum Gasteiger partial charge on any atom is 0.221 e. The largest absolute Gasteiger partial charge is 0.481 e. The number of nitrogens with zero attached hydrogens (tertiary/aromatic N) is 1. The van der Waals surface area contributed by atoms with Crippen molar-refractivity contribution in [3.63, 3.8) is 0 Å². The Morgan fingerprint density at radius 3 is 2.62 bits per heavy atom. The minimum absolute atomic E-state index is 0.455. The molecular weight excluding hydrogens is 222 g/mol. The summed E-state index contributed by atoms with van der Waals surface area (Å²) in [4.78, 5) is 4.24. The summed E-state index contributed by atoms with van der Waals surface area (Å²) in [6.07, 6.45) is 1.73. The number of halogens is 1. The van der Waals surface area contributed by atoms with Gasteiger partial charge in [-0.15, -0.1) is 11.6 Å². The molecule has 0 radical (unpaired) electrons. The molecule has 0 unspecified atom stereocenters. The zero-order valence-electron chi connectivity index (χ0n) is 8.98. The van der Waals surface area contributed by atoms with Crippen LogP contribution in [0.15, 0.2) is 42.6 Å². The first kappa shape index (κ1) is 11.0. The third-order valence-electron chi connectivity index (χ3n) is 2.34. The Balaban J connectivity index is 2.53. The van der Waals surface area contributed by atoms with Crippen molar-refractivity contribution in [1.29, 1.82) is 0 Å². The topological polar surface area (TPSA) is 22.1 Å². The van der Waals surface area contributed by atoms with E-state index in [-0.39, 0.29) is 0 Å². The molecule has 0 saturated carbocycles. The van der Waals surface area contributed by atoms with Gasteiger partial charge in [-0.25, -0.2) is 4.98 Å². The minimum Gasteiger partial charge on any atom is -0.481 e. The van der Waals surface area contributed by atoms with E-state index in [0.29, 0.717) is 11.8 Å². The lowest BCUT2D eigenvalue weighted by Gasteiger charge is -2.08. The van der Waals surface area contributed by atoms with Crippen LogP contribution in [0.25, 0.3) is 11.1 Å². The number of ether oxygens (including phenoxy) is 1. The first-order valence-electron chi connectivity index (χ1n) is 4.99. The highest BCUT2D eigenvalue weighted by Gasteiger charge is 2.07. The molecule has 0 bridgehead atoms. The molecule has 0 aliphatic carbocycles. The summed E-state index contributed by atoms with van der Waals surface area (Å²) >= 11 is 5.80. The predicted octanol–water partition coefficient (Wildman–Crippen LogP) is 3.50. The van der Waals surface area contributed by atoms with E-state index < -0.39 is 0 Å². The minimum atomic E-state index is 0.455. The van der Waals surface area contributed by atoms with E-state index in [9.17, 15) is 0 Å². The summed E-state index contributed by atoms with van der Waals surface area (Å²) in [5.41, 5.74) is 3.04. The highest BCUT2D eigenvalue weighted by Crippen LogP contribution is 2.28. The maximum absolute atomic E-state index is 5.80. The van der Waals surface area contributed by atoms with Crippen molar-refractivity contribution in [2.45, 2.75) is 5.88 Å². The van der Waals surface area contributed by atoms with Crippen LogP contribution in [0.5, 0.6) is 5.88 Å². The van der Waals surface area contributed by atoms with Gasteiger partial charge in [0.05, 0.1) is 7.11 Å². The SMILES string of the molecule is COc1ncc(CCl)cc1-c1ccccc1. The molecule has 0 N–H and O–H groups in total. The zero-order chi connectivity index (χ0) is 11.4. The molecule has 0 atom stereocenters. The average Bonchev–Trinajstić information content (AvgIpc) is 2.39. The van der Waals surface area contributed by atoms with Gasteiger partial charge >= 0.3 is 0 Å². The van der Waals surface area contributed by atoms with Gasteiger partial charge < -0.3 is 4.74 Å². The first-order chi connectivity index (χ1) is 7.85. The van der Waals surface area contributed by atoms with E-state index in [1.807, 2.05) is 36.4 Å². The van der Waals surface area contributed by atoms with Crippen LogP contribution < -0.4 is 4.74 Å². The Morgan fingerprint density at radius 2 is 2.00 bits per heavy atom. The lowest BCUT2D eigenvalue weighted by Crippen LogP contribution is -1.93. The summed E-state index contributed by atoms with van der Waals surface area (Å²) < 4.78 is 5.25. The number of methoxy groups -OCH3 is 1.